The fourth-order valence-corrected chi connectivity index (χ4v) is 3.08. The normalized spacial score (nSPS) is 10.7. The number of nitro benzene ring substituents is 2. The summed E-state index contributed by atoms with van der Waals surface area (Å²) in [5.74, 6) is 0.298. The van der Waals surface area contributed by atoms with E-state index in [4.69, 9.17) is 11.6 Å². The Morgan fingerprint density at radius 3 is 2.38 bits per heavy atom. The number of halogens is 1. The van der Waals surface area contributed by atoms with Crippen molar-refractivity contribution in [1.29, 1.82) is 0 Å². The van der Waals surface area contributed by atoms with E-state index in [1.54, 1.807) is 24.3 Å². The van der Waals surface area contributed by atoms with Gasteiger partial charge in [0.1, 0.15) is 0 Å². The maximum absolute atomic E-state index is 11.0. The first-order valence-electron chi connectivity index (χ1n) is 7.04. The Kier molecular flexibility index (Phi) is 5.09. The number of nitrogens with zero attached hydrogens (tertiary/aromatic N) is 6. The predicted octanol–water partition coefficient (Wildman–Crippen LogP) is 3.42. The van der Waals surface area contributed by atoms with Gasteiger partial charge >= 0.3 is 11.4 Å². The van der Waals surface area contributed by atoms with Crippen molar-refractivity contribution in [2.24, 2.45) is 0 Å². The molecular formula is C14H9ClN6O4S. The second-order valence-corrected chi connectivity index (χ2v) is 6.35. The van der Waals surface area contributed by atoms with Gasteiger partial charge in [0.25, 0.3) is 0 Å². The Hall–Kier alpha value is -3.05. The van der Waals surface area contributed by atoms with Crippen LogP contribution in [0.25, 0.3) is 5.69 Å². The molecule has 0 spiro atoms. The summed E-state index contributed by atoms with van der Waals surface area (Å²) < 4.78 is 1.50. The lowest BCUT2D eigenvalue weighted by Crippen LogP contribution is -1.99. The average molecular weight is 393 g/mol. The summed E-state index contributed by atoms with van der Waals surface area (Å²) in [5.41, 5.74) is 0.148. The van der Waals surface area contributed by atoms with E-state index in [2.05, 4.69) is 15.5 Å². The first kappa shape index (κ1) is 17.8. The number of thioether (sulfide) groups is 1. The number of benzene rings is 2. The molecule has 0 amide bonds. The highest BCUT2D eigenvalue weighted by Crippen LogP contribution is 2.30. The molecule has 12 heteroatoms. The van der Waals surface area contributed by atoms with Gasteiger partial charge in [-0.1, -0.05) is 29.4 Å². The molecule has 26 heavy (non-hydrogen) atoms. The first-order chi connectivity index (χ1) is 12.5. The van der Waals surface area contributed by atoms with Crippen molar-refractivity contribution in [3.8, 4) is 5.69 Å². The van der Waals surface area contributed by atoms with Crippen LogP contribution < -0.4 is 0 Å². The third kappa shape index (κ3) is 3.78. The maximum Gasteiger partial charge on any atom is 0.346 e. The number of hydrogen-bond donors (Lipinski definition) is 0. The van der Waals surface area contributed by atoms with Crippen LogP contribution in [0.1, 0.15) is 5.56 Å². The van der Waals surface area contributed by atoms with Crippen LogP contribution in [0.15, 0.2) is 47.6 Å². The topological polar surface area (TPSA) is 130 Å². The summed E-state index contributed by atoms with van der Waals surface area (Å²) in [6.07, 6.45) is 0. The van der Waals surface area contributed by atoms with E-state index in [0.717, 1.165) is 6.07 Å². The van der Waals surface area contributed by atoms with Crippen LogP contribution in [0.2, 0.25) is 5.02 Å². The maximum atomic E-state index is 11.0. The van der Waals surface area contributed by atoms with Crippen molar-refractivity contribution >= 4 is 34.7 Å². The number of aromatic nitrogens is 4. The van der Waals surface area contributed by atoms with Gasteiger partial charge in [-0.15, -0.1) is 5.10 Å². The minimum Gasteiger partial charge on any atom is -0.258 e. The second kappa shape index (κ2) is 7.45. The van der Waals surface area contributed by atoms with Crippen molar-refractivity contribution in [1.82, 2.24) is 20.2 Å². The molecule has 3 aromatic rings. The van der Waals surface area contributed by atoms with E-state index in [1.807, 2.05) is 0 Å². The van der Waals surface area contributed by atoms with Gasteiger partial charge in [-0.2, -0.15) is 4.68 Å². The minimum absolute atomic E-state index is 0.298. The molecule has 0 fully saturated rings. The van der Waals surface area contributed by atoms with Crippen molar-refractivity contribution in [3.63, 3.8) is 0 Å². The largest absolute Gasteiger partial charge is 0.346 e. The fourth-order valence-electron chi connectivity index (χ4n) is 2.12. The van der Waals surface area contributed by atoms with Crippen LogP contribution >= 0.6 is 23.4 Å². The van der Waals surface area contributed by atoms with Gasteiger partial charge in [0, 0.05) is 22.9 Å². The van der Waals surface area contributed by atoms with Gasteiger partial charge in [0.05, 0.1) is 15.5 Å². The Morgan fingerprint density at radius 2 is 1.73 bits per heavy atom. The van der Waals surface area contributed by atoms with Gasteiger partial charge in [-0.05, 0) is 40.3 Å². The number of rotatable bonds is 6. The standard InChI is InChI=1S/C14H9ClN6O4S/c15-10-2-4-11(5-3-10)19-14(16-17-18-19)26-8-9-1-6-12(20(22)23)13(7-9)21(24)25/h1-7H,8H2. The smallest absolute Gasteiger partial charge is 0.258 e. The molecule has 1 heterocycles. The zero-order valence-electron chi connectivity index (χ0n) is 12.9. The molecule has 1 aromatic heterocycles. The third-order valence-electron chi connectivity index (χ3n) is 3.31. The Bertz CT molecular complexity index is 978. The van der Waals surface area contributed by atoms with Gasteiger partial charge in [0.15, 0.2) is 0 Å². The van der Waals surface area contributed by atoms with Gasteiger partial charge in [-0.3, -0.25) is 20.2 Å². The van der Waals surface area contributed by atoms with Gasteiger partial charge in [0.2, 0.25) is 5.16 Å². The molecule has 2 aromatic carbocycles. The molecule has 0 bridgehead atoms. The molecule has 0 saturated carbocycles. The molecule has 0 unspecified atom stereocenters. The highest BCUT2D eigenvalue weighted by molar-refractivity contribution is 7.98. The van der Waals surface area contributed by atoms with Crippen molar-refractivity contribution in [3.05, 3.63) is 73.3 Å². The van der Waals surface area contributed by atoms with E-state index < -0.39 is 21.2 Å². The molecule has 0 aliphatic heterocycles. The van der Waals surface area contributed by atoms with Crippen LogP contribution in [0, 0.1) is 20.2 Å². The monoisotopic (exact) mass is 392 g/mol. The van der Waals surface area contributed by atoms with Crippen molar-refractivity contribution < 1.29 is 9.85 Å². The number of hydrogen-bond acceptors (Lipinski definition) is 8. The first-order valence-corrected chi connectivity index (χ1v) is 8.41. The van der Waals surface area contributed by atoms with Crippen LogP contribution in [0.5, 0.6) is 0 Å². The Balaban J connectivity index is 1.81. The molecule has 0 atom stereocenters. The fraction of sp³-hybridized carbons (Fsp3) is 0.0714. The zero-order valence-corrected chi connectivity index (χ0v) is 14.4. The van der Waals surface area contributed by atoms with Crippen LogP contribution in [-0.4, -0.2) is 30.1 Å². The summed E-state index contributed by atoms with van der Waals surface area (Å²) in [4.78, 5) is 20.3. The lowest BCUT2D eigenvalue weighted by Gasteiger charge is -2.05. The van der Waals surface area contributed by atoms with Crippen molar-refractivity contribution in [2.45, 2.75) is 10.9 Å². The molecule has 0 aliphatic rings. The SMILES string of the molecule is O=[N+]([O-])c1ccc(CSc2nnnn2-c2ccc(Cl)cc2)cc1[N+](=O)[O-]. The second-order valence-electron chi connectivity index (χ2n) is 4.98. The third-order valence-corrected chi connectivity index (χ3v) is 4.56. The highest BCUT2D eigenvalue weighted by atomic mass is 35.5. The van der Waals surface area contributed by atoms with E-state index in [0.29, 0.717) is 27.2 Å². The number of tetrazole rings is 1. The van der Waals surface area contributed by atoms with Crippen molar-refractivity contribution in [2.75, 3.05) is 0 Å². The van der Waals surface area contributed by atoms with E-state index >= 15 is 0 Å². The Labute approximate surface area is 155 Å². The van der Waals surface area contributed by atoms with Gasteiger partial charge < -0.3 is 0 Å². The zero-order chi connectivity index (χ0) is 18.7. The number of nitro groups is 2. The molecule has 0 aliphatic carbocycles. The summed E-state index contributed by atoms with van der Waals surface area (Å²) >= 11 is 7.10. The molecule has 132 valence electrons. The molecule has 3 rings (SSSR count). The Morgan fingerprint density at radius 1 is 1.04 bits per heavy atom. The minimum atomic E-state index is -0.782. The average Bonchev–Trinajstić information content (AvgIpc) is 3.08. The van der Waals surface area contributed by atoms with E-state index in [-0.39, 0.29) is 0 Å². The molecule has 0 N–H and O–H groups in total. The summed E-state index contributed by atoms with van der Waals surface area (Å²) in [6.45, 7) is 0. The molecule has 10 nitrogen and oxygen atoms in total. The molecule has 0 radical (unpaired) electrons. The van der Waals surface area contributed by atoms with Crippen LogP contribution in [0.4, 0.5) is 11.4 Å². The summed E-state index contributed by atoms with van der Waals surface area (Å²) in [7, 11) is 0. The highest BCUT2D eigenvalue weighted by Gasteiger charge is 2.24. The summed E-state index contributed by atoms with van der Waals surface area (Å²) in [6, 6.07) is 10.7. The van der Waals surface area contributed by atoms with E-state index in [1.165, 1.54) is 28.6 Å². The molecule has 0 saturated heterocycles. The van der Waals surface area contributed by atoms with Crippen LogP contribution in [-0.2, 0) is 5.75 Å². The van der Waals surface area contributed by atoms with Crippen LogP contribution in [0.3, 0.4) is 0 Å². The summed E-state index contributed by atoms with van der Waals surface area (Å²) in [5, 5.41) is 34.4. The van der Waals surface area contributed by atoms with Gasteiger partial charge in [-0.25, -0.2) is 0 Å². The lowest BCUT2D eigenvalue weighted by molar-refractivity contribution is -0.422. The quantitative estimate of drug-likeness (QED) is 0.354. The van der Waals surface area contributed by atoms with E-state index in [9.17, 15) is 20.2 Å². The predicted molar refractivity (Wildman–Crippen MR) is 93.5 cm³/mol. The molecular weight excluding hydrogens is 384 g/mol. The lowest BCUT2D eigenvalue weighted by atomic mass is 10.2.